The Hall–Kier alpha value is -2.73. The smallest absolute Gasteiger partial charge is 0.237 e. The first kappa shape index (κ1) is 19.0. The molecule has 1 N–H and O–H groups in total. The third-order valence-electron chi connectivity index (χ3n) is 4.18. The quantitative estimate of drug-likeness (QED) is 0.627. The molecule has 0 spiro atoms. The zero-order valence-corrected chi connectivity index (χ0v) is 16.6. The van der Waals surface area contributed by atoms with Crippen molar-refractivity contribution < 1.29 is 4.79 Å². The fourth-order valence-corrected chi connectivity index (χ4v) is 3.48. The third-order valence-corrected chi connectivity index (χ3v) is 5.29. The van der Waals surface area contributed by atoms with Crippen LogP contribution in [0.5, 0.6) is 0 Å². The molecule has 3 rings (SSSR count). The van der Waals surface area contributed by atoms with Gasteiger partial charge < -0.3 is 14.8 Å². The number of carbonyl (C=O) groups excluding carboxylic acids is 1. The molecular weight excluding hydrogens is 356 g/mol. The van der Waals surface area contributed by atoms with E-state index in [1.165, 1.54) is 17.3 Å². The lowest BCUT2D eigenvalue weighted by molar-refractivity contribution is -0.115. The first-order valence-electron chi connectivity index (χ1n) is 8.83. The predicted octanol–water partition coefficient (Wildman–Crippen LogP) is 4.12. The van der Waals surface area contributed by atoms with E-state index < -0.39 is 0 Å². The van der Waals surface area contributed by atoms with Gasteiger partial charge in [0.25, 0.3) is 0 Å². The molecule has 0 saturated heterocycles. The number of imidazole rings is 1. The molecule has 1 heterocycles. The Morgan fingerprint density at radius 1 is 1.15 bits per heavy atom. The number of carbonyl (C=O) groups is 1. The fourth-order valence-electron chi connectivity index (χ4n) is 2.61. The highest BCUT2D eigenvalue weighted by atomic mass is 32.2. The molecule has 0 unspecified atom stereocenters. The van der Waals surface area contributed by atoms with Crippen molar-refractivity contribution in [3.05, 3.63) is 72.6 Å². The molecule has 140 valence electrons. The van der Waals surface area contributed by atoms with Crippen molar-refractivity contribution in [2.45, 2.75) is 23.9 Å². The molecular formula is C21H24N4OS. The Bertz CT molecular complexity index is 875. The summed E-state index contributed by atoms with van der Waals surface area (Å²) in [4.78, 5) is 19.0. The number of aromatic nitrogens is 2. The number of rotatable bonds is 7. The van der Waals surface area contributed by atoms with Crippen LogP contribution in [0, 0.1) is 0 Å². The summed E-state index contributed by atoms with van der Waals surface area (Å²) in [6.45, 7) is 2.64. The molecule has 1 amide bonds. The number of nitrogens with one attached hydrogen (secondary N) is 1. The molecule has 1 atom stereocenters. The zero-order valence-electron chi connectivity index (χ0n) is 15.8. The second-order valence-corrected chi connectivity index (χ2v) is 7.82. The number of nitrogens with zero attached hydrogens (tertiary/aromatic N) is 3. The Kier molecular flexibility index (Phi) is 6.19. The first-order chi connectivity index (χ1) is 13.0. The second-order valence-electron chi connectivity index (χ2n) is 6.51. The monoisotopic (exact) mass is 380 g/mol. The van der Waals surface area contributed by atoms with Gasteiger partial charge in [-0.15, -0.1) is 0 Å². The lowest BCUT2D eigenvalue weighted by Crippen LogP contribution is -2.23. The van der Waals surface area contributed by atoms with Gasteiger partial charge in [-0.1, -0.05) is 42.1 Å². The highest BCUT2D eigenvalue weighted by Crippen LogP contribution is 2.24. The molecule has 0 fully saturated rings. The van der Waals surface area contributed by atoms with Gasteiger partial charge in [-0.3, -0.25) is 4.79 Å². The molecule has 0 saturated carbocycles. The molecule has 3 aromatic rings. The van der Waals surface area contributed by atoms with E-state index in [9.17, 15) is 4.79 Å². The van der Waals surface area contributed by atoms with Crippen LogP contribution in [0.3, 0.4) is 0 Å². The van der Waals surface area contributed by atoms with Crippen molar-refractivity contribution in [3.8, 4) is 0 Å². The molecule has 1 aromatic heterocycles. The zero-order chi connectivity index (χ0) is 19.2. The van der Waals surface area contributed by atoms with E-state index in [1.807, 2.05) is 74.6 Å². The Balaban J connectivity index is 1.61. The second kappa shape index (κ2) is 8.77. The lowest BCUT2D eigenvalue weighted by Gasteiger charge is -2.15. The predicted molar refractivity (Wildman–Crippen MR) is 112 cm³/mol. The molecule has 2 aromatic carbocycles. The van der Waals surface area contributed by atoms with Gasteiger partial charge >= 0.3 is 0 Å². The maximum atomic E-state index is 12.5. The van der Waals surface area contributed by atoms with E-state index in [-0.39, 0.29) is 11.2 Å². The third kappa shape index (κ3) is 5.14. The van der Waals surface area contributed by atoms with Crippen LogP contribution >= 0.6 is 11.8 Å². The Morgan fingerprint density at radius 3 is 2.52 bits per heavy atom. The standard InChI is InChI=1S/C21H24N4OS/c1-16(20(26)23-18-9-11-19(12-10-18)24(2)3)27-21-22-13-14-25(21)15-17-7-5-4-6-8-17/h4-14,16H,15H2,1-3H3,(H,23,26)/t16-/m1/s1. The summed E-state index contributed by atoms with van der Waals surface area (Å²) < 4.78 is 2.07. The molecule has 0 radical (unpaired) electrons. The van der Waals surface area contributed by atoms with Crippen molar-refractivity contribution in [1.82, 2.24) is 9.55 Å². The summed E-state index contributed by atoms with van der Waals surface area (Å²) in [5.41, 5.74) is 3.10. The van der Waals surface area contributed by atoms with Gasteiger partial charge in [0.1, 0.15) is 0 Å². The van der Waals surface area contributed by atoms with E-state index in [0.29, 0.717) is 0 Å². The number of benzene rings is 2. The normalized spacial score (nSPS) is 11.8. The summed E-state index contributed by atoms with van der Waals surface area (Å²) in [7, 11) is 3.98. The van der Waals surface area contributed by atoms with E-state index in [0.717, 1.165) is 23.1 Å². The number of hydrogen-bond acceptors (Lipinski definition) is 4. The van der Waals surface area contributed by atoms with E-state index in [4.69, 9.17) is 0 Å². The summed E-state index contributed by atoms with van der Waals surface area (Å²) in [5, 5.41) is 3.56. The number of hydrogen-bond donors (Lipinski definition) is 1. The van der Waals surface area contributed by atoms with E-state index >= 15 is 0 Å². The minimum absolute atomic E-state index is 0.0353. The summed E-state index contributed by atoms with van der Waals surface area (Å²) in [6.07, 6.45) is 3.72. The number of anilines is 2. The first-order valence-corrected chi connectivity index (χ1v) is 9.71. The van der Waals surface area contributed by atoms with Crippen LogP contribution in [0.2, 0.25) is 0 Å². The van der Waals surface area contributed by atoms with Crippen LogP contribution in [0.25, 0.3) is 0 Å². The van der Waals surface area contributed by atoms with Gasteiger partial charge in [-0.25, -0.2) is 4.98 Å². The SMILES string of the molecule is C[C@@H](Sc1nccn1Cc1ccccc1)C(=O)Nc1ccc(N(C)C)cc1. The largest absolute Gasteiger partial charge is 0.378 e. The van der Waals surface area contributed by atoms with Crippen molar-refractivity contribution in [2.75, 3.05) is 24.3 Å². The lowest BCUT2D eigenvalue weighted by atomic mass is 10.2. The van der Waals surface area contributed by atoms with Crippen LogP contribution in [-0.4, -0.2) is 34.8 Å². The molecule has 27 heavy (non-hydrogen) atoms. The highest BCUT2D eigenvalue weighted by Gasteiger charge is 2.17. The van der Waals surface area contributed by atoms with Gasteiger partial charge in [-0.05, 0) is 36.8 Å². The Labute approximate surface area is 164 Å². The summed E-state index contributed by atoms with van der Waals surface area (Å²) in [6, 6.07) is 18.0. The minimum Gasteiger partial charge on any atom is -0.378 e. The van der Waals surface area contributed by atoms with Crippen LogP contribution in [0.4, 0.5) is 11.4 Å². The minimum atomic E-state index is -0.254. The van der Waals surface area contributed by atoms with Crippen molar-refractivity contribution >= 4 is 29.0 Å². The Morgan fingerprint density at radius 2 is 1.85 bits per heavy atom. The molecule has 0 bridgehead atoms. The van der Waals surface area contributed by atoms with Gasteiger partial charge in [0.05, 0.1) is 5.25 Å². The van der Waals surface area contributed by atoms with E-state index in [2.05, 4.69) is 27.0 Å². The molecule has 0 aliphatic rings. The highest BCUT2D eigenvalue weighted by molar-refractivity contribution is 8.00. The van der Waals surface area contributed by atoms with E-state index in [1.54, 1.807) is 6.20 Å². The van der Waals surface area contributed by atoms with Gasteiger partial charge in [-0.2, -0.15) is 0 Å². The van der Waals surface area contributed by atoms with Crippen LogP contribution in [-0.2, 0) is 11.3 Å². The number of thioether (sulfide) groups is 1. The van der Waals surface area contributed by atoms with Crippen LogP contribution < -0.4 is 10.2 Å². The summed E-state index contributed by atoms with van der Waals surface area (Å²) >= 11 is 1.46. The van der Waals surface area contributed by atoms with Gasteiger partial charge in [0, 0.05) is 44.4 Å². The van der Waals surface area contributed by atoms with Crippen molar-refractivity contribution in [1.29, 1.82) is 0 Å². The van der Waals surface area contributed by atoms with Gasteiger partial charge in [0.2, 0.25) is 5.91 Å². The van der Waals surface area contributed by atoms with Crippen LogP contribution in [0.15, 0.2) is 72.1 Å². The van der Waals surface area contributed by atoms with Crippen molar-refractivity contribution in [3.63, 3.8) is 0 Å². The van der Waals surface area contributed by atoms with Crippen molar-refractivity contribution in [2.24, 2.45) is 0 Å². The average Bonchev–Trinajstić information content (AvgIpc) is 3.09. The topological polar surface area (TPSA) is 50.2 Å². The summed E-state index contributed by atoms with van der Waals surface area (Å²) in [5.74, 6) is -0.0353. The maximum absolute atomic E-state index is 12.5. The molecule has 5 nitrogen and oxygen atoms in total. The molecule has 0 aliphatic heterocycles. The average molecular weight is 381 g/mol. The number of amides is 1. The molecule has 6 heteroatoms. The van der Waals surface area contributed by atoms with Gasteiger partial charge in [0.15, 0.2) is 5.16 Å². The molecule has 0 aliphatic carbocycles. The van der Waals surface area contributed by atoms with Crippen LogP contribution in [0.1, 0.15) is 12.5 Å². The fraction of sp³-hybridized carbons (Fsp3) is 0.238. The maximum Gasteiger partial charge on any atom is 0.237 e.